The third-order valence-corrected chi connectivity index (χ3v) is 6.06. The number of ether oxygens (including phenoxy) is 3. The first-order chi connectivity index (χ1) is 16.0. The van der Waals surface area contributed by atoms with E-state index in [1.807, 2.05) is 50.2 Å². The lowest BCUT2D eigenvalue weighted by Crippen LogP contribution is -2.38. The lowest BCUT2D eigenvalue weighted by atomic mass is 10.1. The Morgan fingerprint density at radius 2 is 1.82 bits per heavy atom. The maximum Gasteiger partial charge on any atom is 0.333 e. The SMILES string of the molecule is CCCOc1ccc(/C=C2\SC(=S)N(C(C(=O)OCC)c3ccccc3)C2=O)cc1OCC. The van der Waals surface area contributed by atoms with Gasteiger partial charge in [0.15, 0.2) is 17.5 Å². The van der Waals surface area contributed by atoms with Crippen molar-refractivity contribution in [3.8, 4) is 11.5 Å². The molecular weight excluding hydrogens is 458 g/mol. The minimum Gasteiger partial charge on any atom is -0.490 e. The summed E-state index contributed by atoms with van der Waals surface area (Å²) >= 11 is 6.66. The van der Waals surface area contributed by atoms with Crippen molar-refractivity contribution in [1.29, 1.82) is 0 Å². The Labute approximate surface area is 203 Å². The summed E-state index contributed by atoms with van der Waals surface area (Å²) in [5.74, 6) is 0.423. The van der Waals surface area contributed by atoms with Crippen LogP contribution in [0.5, 0.6) is 11.5 Å². The molecule has 0 radical (unpaired) electrons. The van der Waals surface area contributed by atoms with E-state index in [0.29, 0.717) is 39.5 Å². The average Bonchev–Trinajstić information content (AvgIpc) is 3.08. The maximum atomic E-state index is 13.3. The average molecular weight is 486 g/mol. The molecule has 1 fully saturated rings. The van der Waals surface area contributed by atoms with Crippen LogP contribution in [-0.2, 0) is 14.3 Å². The number of rotatable bonds is 10. The van der Waals surface area contributed by atoms with Crippen molar-refractivity contribution in [2.45, 2.75) is 33.2 Å². The van der Waals surface area contributed by atoms with E-state index in [0.717, 1.165) is 23.7 Å². The Morgan fingerprint density at radius 1 is 1.06 bits per heavy atom. The fraction of sp³-hybridized carbons (Fsp3) is 0.320. The zero-order valence-electron chi connectivity index (χ0n) is 18.9. The van der Waals surface area contributed by atoms with Crippen LogP contribution in [0.25, 0.3) is 6.08 Å². The molecule has 8 heteroatoms. The van der Waals surface area contributed by atoms with Gasteiger partial charge in [0.1, 0.15) is 4.32 Å². The van der Waals surface area contributed by atoms with Crippen molar-refractivity contribution in [2.75, 3.05) is 19.8 Å². The second kappa shape index (κ2) is 11.9. The fourth-order valence-corrected chi connectivity index (χ4v) is 4.63. The second-order valence-corrected chi connectivity index (χ2v) is 8.78. The smallest absolute Gasteiger partial charge is 0.333 e. The van der Waals surface area contributed by atoms with E-state index < -0.39 is 12.0 Å². The van der Waals surface area contributed by atoms with E-state index in [4.69, 9.17) is 26.4 Å². The third-order valence-electron chi connectivity index (χ3n) is 4.73. The zero-order chi connectivity index (χ0) is 23.8. The van der Waals surface area contributed by atoms with E-state index in [1.165, 1.54) is 4.90 Å². The third kappa shape index (κ3) is 5.94. The van der Waals surface area contributed by atoms with Gasteiger partial charge in [-0.25, -0.2) is 4.79 Å². The summed E-state index contributed by atoms with van der Waals surface area (Å²) in [6.45, 7) is 6.96. The molecule has 2 aromatic carbocycles. The number of hydrogen-bond donors (Lipinski definition) is 0. The van der Waals surface area contributed by atoms with Crippen molar-refractivity contribution < 1.29 is 23.8 Å². The van der Waals surface area contributed by atoms with Gasteiger partial charge in [-0.05, 0) is 49.6 Å². The monoisotopic (exact) mass is 485 g/mol. The van der Waals surface area contributed by atoms with Crippen LogP contribution >= 0.6 is 24.0 Å². The van der Waals surface area contributed by atoms with Gasteiger partial charge < -0.3 is 14.2 Å². The summed E-state index contributed by atoms with van der Waals surface area (Å²) in [7, 11) is 0. The van der Waals surface area contributed by atoms with Gasteiger partial charge in [0.2, 0.25) is 0 Å². The topological polar surface area (TPSA) is 65.1 Å². The minimum atomic E-state index is -0.937. The first-order valence-corrected chi connectivity index (χ1v) is 12.1. The molecule has 0 spiro atoms. The van der Waals surface area contributed by atoms with E-state index in [2.05, 4.69) is 0 Å². The van der Waals surface area contributed by atoms with E-state index >= 15 is 0 Å². The van der Waals surface area contributed by atoms with Crippen LogP contribution in [0.15, 0.2) is 53.4 Å². The quantitative estimate of drug-likeness (QED) is 0.254. The number of amides is 1. The predicted molar refractivity (Wildman–Crippen MR) is 134 cm³/mol. The Hall–Kier alpha value is -2.84. The van der Waals surface area contributed by atoms with Crippen molar-refractivity contribution in [1.82, 2.24) is 4.90 Å². The number of carbonyl (C=O) groups is 2. The number of thioether (sulfide) groups is 1. The molecule has 3 rings (SSSR count). The van der Waals surface area contributed by atoms with Crippen LogP contribution in [0.3, 0.4) is 0 Å². The highest BCUT2D eigenvalue weighted by Gasteiger charge is 2.42. The summed E-state index contributed by atoms with van der Waals surface area (Å²) in [6.07, 6.45) is 2.64. The Kier molecular flexibility index (Phi) is 8.91. The number of carbonyl (C=O) groups excluding carboxylic acids is 2. The van der Waals surface area contributed by atoms with Crippen LogP contribution in [0, 0.1) is 0 Å². The van der Waals surface area contributed by atoms with Gasteiger partial charge in [0.05, 0.1) is 24.7 Å². The van der Waals surface area contributed by atoms with Gasteiger partial charge in [0, 0.05) is 0 Å². The van der Waals surface area contributed by atoms with E-state index in [9.17, 15) is 9.59 Å². The van der Waals surface area contributed by atoms with Crippen LogP contribution in [0.1, 0.15) is 44.4 Å². The fourth-order valence-electron chi connectivity index (χ4n) is 3.31. The van der Waals surface area contributed by atoms with Crippen LogP contribution in [0.2, 0.25) is 0 Å². The van der Waals surface area contributed by atoms with Gasteiger partial charge in [-0.1, -0.05) is 67.3 Å². The van der Waals surface area contributed by atoms with E-state index in [1.54, 1.807) is 25.1 Å². The molecule has 0 saturated carbocycles. The van der Waals surface area contributed by atoms with E-state index in [-0.39, 0.29) is 12.5 Å². The molecule has 1 heterocycles. The van der Waals surface area contributed by atoms with Gasteiger partial charge in [-0.2, -0.15) is 0 Å². The molecule has 1 atom stereocenters. The van der Waals surface area contributed by atoms with Crippen LogP contribution < -0.4 is 9.47 Å². The summed E-state index contributed by atoms with van der Waals surface area (Å²) in [5.41, 5.74) is 1.42. The first-order valence-electron chi connectivity index (χ1n) is 10.9. The largest absolute Gasteiger partial charge is 0.490 e. The molecule has 1 saturated heterocycles. The molecule has 2 aromatic rings. The summed E-state index contributed by atoms with van der Waals surface area (Å²) in [5, 5.41) is 0. The Morgan fingerprint density at radius 3 is 2.48 bits per heavy atom. The summed E-state index contributed by atoms with van der Waals surface area (Å²) in [4.78, 5) is 27.9. The second-order valence-electron chi connectivity index (χ2n) is 7.10. The molecule has 1 unspecified atom stereocenters. The highest BCUT2D eigenvalue weighted by Crippen LogP contribution is 2.39. The summed E-state index contributed by atoms with van der Waals surface area (Å²) in [6, 6.07) is 13.6. The lowest BCUT2D eigenvalue weighted by molar-refractivity contribution is -0.151. The zero-order valence-corrected chi connectivity index (χ0v) is 20.5. The molecular formula is C25H27NO5S2. The number of thiocarbonyl (C=S) groups is 1. The Balaban J connectivity index is 1.92. The molecule has 6 nitrogen and oxygen atoms in total. The van der Waals surface area contributed by atoms with Crippen LogP contribution in [-0.4, -0.2) is 40.9 Å². The number of nitrogens with zero attached hydrogens (tertiary/aromatic N) is 1. The van der Waals surface area contributed by atoms with Gasteiger partial charge in [-0.15, -0.1) is 0 Å². The molecule has 0 N–H and O–H groups in total. The molecule has 1 aliphatic heterocycles. The molecule has 0 aromatic heterocycles. The molecule has 0 aliphatic carbocycles. The molecule has 0 bridgehead atoms. The molecule has 33 heavy (non-hydrogen) atoms. The van der Waals surface area contributed by atoms with Gasteiger partial charge >= 0.3 is 5.97 Å². The van der Waals surface area contributed by atoms with Crippen molar-refractivity contribution in [3.05, 3.63) is 64.6 Å². The van der Waals surface area contributed by atoms with Gasteiger partial charge in [0.25, 0.3) is 5.91 Å². The van der Waals surface area contributed by atoms with Crippen molar-refractivity contribution >= 4 is 46.3 Å². The predicted octanol–water partition coefficient (Wildman–Crippen LogP) is 5.38. The van der Waals surface area contributed by atoms with Crippen LogP contribution in [0.4, 0.5) is 0 Å². The molecule has 1 aliphatic rings. The minimum absolute atomic E-state index is 0.208. The maximum absolute atomic E-state index is 13.3. The highest BCUT2D eigenvalue weighted by molar-refractivity contribution is 8.26. The molecule has 174 valence electrons. The Bertz CT molecular complexity index is 1040. The van der Waals surface area contributed by atoms with Gasteiger partial charge in [-0.3, -0.25) is 9.69 Å². The lowest BCUT2D eigenvalue weighted by Gasteiger charge is -2.25. The first kappa shape index (κ1) is 24.8. The standard InChI is InChI=1S/C25H27NO5S2/c1-4-14-31-19-13-12-17(15-20(19)29-5-2)16-21-23(27)26(25(32)33-21)22(24(28)30-6-3)18-10-8-7-9-11-18/h7-13,15-16,22H,4-6,14H2,1-3H3/b21-16-. The highest BCUT2D eigenvalue weighted by atomic mass is 32.2. The number of benzene rings is 2. The van der Waals surface area contributed by atoms with Crippen molar-refractivity contribution in [3.63, 3.8) is 0 Å². The number of esters is 1. The normalized spacial score (nSPS) is 15.6. The number of hydrogen-bond acceptors (Lipinski definition) is 7. The molecule has 1 amide bonds. The van der Waals surface area contributed by atoms with Crippen molar-refractivity contribution in [2.24, 2.45) is 0 Å². The summed E-state index contributed by atoms with van der Waals surface area (Å²) < 4.78 is 17.0.